The van der Waals surface area contributed by atoms with Crippen molar-refractivity contribution in [2.24, 2.45) is 0 Å². The van der Waals surface area contributed by atoms with E-state index >= 15 is 0 Å². The third-order valence-corrected chi connectivity index (χ3v) is 5.67. The van der Waals surface area contributed by atoms with E-state index in [0.29, 0.717) is 35.0 Å². The van der Waals surface area contributed by atoms with E-state index in [0.717, 1.165) is 16.8 Å². The summed E-state index contributed by atoms with van der Waals surface area (Å²) in [5.41, 5.74) is 4.37. The first kappa shape index (κ1) is 20.7. The first-order valence-electron chi connectivity index (χ1n) is 9.82. The molecule has 4 N–H and O–H groups in total. The fourth-order valence-electron chi connectivity index (χ4n) is 3.74. The highest BCUT2D eigenvalue weighted by Gasteiger charge is 2.35. The monoisotopic (exact) mass is 419 g/mol. The summed E-state index contributed by atoms with van der Waals surface area (Å²) in [7, 11) is 0. The van der Waals surface area contributed by atoms with Crippen LogP contribution in [0.15, 0.2) is 36.5 Å². The smallest absolute Gasteiger partial charge is 0.227 e. The standard InChI is InChI=1S/C23H22FN5O2/c1-13-5-18(24)16(10-30)8-20(13)29-22-26-4-3-19(28-22)14-6-15(9-25)21-17(7-14)23(2,12-31)11-27-21/h3-8,27,30-31H,10-12H2,1-2H3,(H,26,28,29). The van der Waals surface area contributed by atoms with Gasteiger partial charge in [-0.15, -0.1) is 0 Å². The van der Waals surface area contributed by atoms with Crippen molar-refractivity contribution in [1.82, 2.24) is 9.97 Å². The molecule has 1 aliphatic heterocycles. The van der Waals surface area contributed by atoms with Gasteiger partial charge in [0, 0.05) is 35.0 Å². The van der Waals surface area contributed by atoms with Crippen LogP contribution in [0.4, 0.5) is 21.7 Å². The first-order valence-corrected chi connectivity index (χ1v) is 9.82. The molecule has 1 unspecified atom stereocenters. The lowest BCUT2D eigenvalue weighted by Gasteiger charge is -2.21. The molecule has 158 valence electrons. The lowest BCUT2D eigenvalue weighted by Crippen LogP contribution is -2.28. The van der Waals surface area contributed by atoms with Crippen molar-refractivity contribution < 1.29 is 14.6 Å². The number of nitrogens with zero attached hydrogens (tertiary/aromatic N) is 3. The van der Waals surface area contributed by atoms with Crippen molar-refractivity contribution in [3.8, 4) is 17.3 Å². The average Bonchev–Trinajstić information content (AvgIpc) is 3.12. The Balaban J connectivity index is 1.73. The van der Waals surface area contributed by atoms with Gasteiger partial charge in [0.25, 0.3) is 0 Å². The molecule has 0 bridgehead atoms. The molecule has 2 aromatic carbocycles. The number of aryl methyl sites for hydroxylation is 1. The molecule has 31 heavy (non-hydrogen) atoms. The van der Waals surface area contributed by atoms with E-state index in [9.17, 15) is 19.9 Å². The zero-order valence-corrected chi connectivity index (χ0v) is 17.2. The fourth-order valence-corrected chi connectivity index (χ4v) is 3.74. The van der Waals surface area contributed by atoms with Gasteiger partial charge in [-0.1, -0.05) is 6.92 Å². The number of nitriles is 1. The van der Waals surface area contributed by atoms with Crippen molar-refractivity contribution in [3.05, 3.63) is 64.6 Å². The number of aromatic nitrogens is 2. The molecule has 2 heterocycles. The molecule has 0 aliphatic carbocycles. The Morgan fingerprint density at radius 3 is 2.81 bits per heavy atom. The van der Waals surface area contributed by atoms with Gasteiger partial charge in [-0.3, -0.25) is 0 Å². The summed E-state index contributed by atoms with van der Waals surface area (Å²) in [6.45, 7) is 3.78. The van der Waals surface area contributed by atoms with Crippen LogP contribution in [-0.2, 0) is 12.0 Å². The van der Waals surface area contributed by atoms with Gasteiger partial charge < -0.3 is 20.8 Å². The summed E-state index contributed by atoms with van der Waals surface area (Å²) < 4.78 is 13.9. The van der Waals surface area contributed by atoms with Crippen LogP contribution < -0.4 is 10.6 Å². The van der Waals surface area contributed by atoms with E-state index in [4.69, 9.17) is 0 Å². The van der Waals surface area contributed by atoms with Gasteiger partial charge in [0.05, 0.1) is 30.2 Å². The maximum atomic E-state index is 13.9. The summed E-state index contributed by atoms with van der Waals surface area (Å²) >= 11 is 0. The quantitative estimate of drug-likeness (QED) is 0.501. The number of hydrogen-bond donors (Lipinski definition) is 4. The molecule has 1 atom stereocenters. The van der Waals surface area contributed by atoms with E-state index in [2.05, 4.69) is 26.7 Å². The van der Waals surface area contributed by atoms with E-state index in [1.54, 1.807) is 25.3 Å². The normalized spacial score (nSPS) is 17.0. The molecule has 0 saturated carbocycles. The highest BCUT2D eigenvalue weighted by molar-refractivity contribution is 5.76. The number of nitrogens with one attached hydrogen (secondary N) is 2. The van der Waals surface area contributed by atoms with E-state index in [1.807, 2.05) is 13.0 Å². The van der Waals surface area contributed by atoms with Crippen LogP contribution in [0.1, 0.15) is 29.2 Å². The Morgan fingerprint density at radius 1 is 1.29 bits per heavy atom. The van der Waals surface area contributed by atoms with Crippen molar-refractivity contribution in [3.63, 3.8) is 0 Å². The Kier molecular flexibility index (Phi) is 5.31. The van der Waals surface area contributed by atoms with Gasteiger partial charge in [-0.05, 0) is 48.4 Å². The van der Waals surface area contributed by atoms with Crippen molar-refractivity contribution in [1.29, 1.82) is 5.26 Å². The predicted octanol–water partition coefficient (Wildman–Crippen LogP) is 3.37. The first-order chi connectivity index (χ1) is 14.9. The highest BCUT2D eigenvalue weighted by Crippen LogP contribution is 2.41. The van der Waals surface area contributed by atoms with Crippen LogP contribution in [0.2, 0.25) is 0 Å². The van der Waals surface area contributed by atoms with Gasteiger partial charge in [0.2, 0.25) is 5.95 Å². The van der Waals surface area contributed by atoms with Crippen molar-refractivity contribution in [2.45, 2.75) is 25.9 Å². The molecule has 0 amide bonds. The second-order valence-corrected chi connectivity index (χ2v) is 7.94. The van der Waals surface area contributed by atoms with Crippen LogP contribution in [0.3, 0.4) is 0 Å². The third-order valence-electron chi connectivity index (χ3n) is 5.67. The number of halogens is 1. The second-order valence-electron chi connectivity index (χ2n) is 7.94. The molecule has 7 nitrogen and oxygen atoms in total. The minimum absolute atomic E-state index is 0.0467. The molecule has 4 rings (SSSR count). The van der Waals surface area contributed by atoms with Gasteiger partial charge in [0.15, 0.2) is 0 Å². The number of aliphatic hydroxyl groups is 2. The maximum Gasteiger partial charge on any atom is 0.227 e. The Morgan fingerprint density at radius 2 is 2.10 bits per heavy atom. The lowest BCUT2D eigenvalue weighted by molar-refractivity contribution is 0.219. The molecule has 1 aliphatic rings. The highest BCUT2D eigenvalue weighted by atomic mass is 19.1. The topological polar surface area (TPSA) is 114 Å². The molecule has 8 heteroatoms. The average molecular weight is 419 g/mol. The molecule has 3 aromatic rings. The van der Waals surface area contributed by atoms with Gasteiger partial charge in [0.1, 0.15) is 11.9 Å². The largest absolute Gasteiger partial charge is 0.395 e. The SMILES string of the molecule is Cc1cc(F)c(CO)cc1Nc1nccc(-c2cc(C#N)c3c(c2)C(C)(CO)CN3)n1. The summed E-state index contributed by atoms with van der Waals surface area (Å²) in [5.74, 6) is -0.166. The Hall–Kier alpha value is -3.54. The predicted molar refractivity (Wildman–Crippen MR) is 115 cm³/mol. The lowest BCUT2D eigenvalue weighted by atomic mass is 9.83. The fraction of sp³-hybridized carbons (Fsp3) is 0.261. The Labute approximate surface area is 179 Å². The molecular formula is C23H22FN5O2. The van der Waals surface area contributed by atoms with E-state index < -0.39 is 17.8 Å². The minimum Gasteiger partial charge on any atom is -0.395 e. The van der Waals surface area contributed by atoms with Gasteiger partial charge >= 0.3 is 0 Å². The third kappa shape index (κ3) is 3.69. The summed E-state index contributed by atoms with van der Waals surface area (Å²) in [6, 6.07) is 10.5. The summed E-state index contributed by atoms with van der Waals surface area (Å²) in [6.07, 6.45) is 1.60. The van der Waals surface area contributed by atoms with Crippen molar-refractivity contribution >= 4 is 17.3 Å². The number of aliphatic hydroxyl groups excluding tert-OH is 2. The van der Waals surface area contributed by atoms with Crippen LogP contribution in [0, 0.1) is 24.1 Å². The number of benzene rings is 2. The maximum absolute atomic E-state index is 13.9. The molecule has 1 aromatic heterocycles. The minimum atomic E-state index is -0.489. The molecule has 0 fully saturated rings. The number of fused-ring (bicyclic) bond motifs is 1. The number of rotatable bonds is 5. The van der Waals surface area contributed by atoms with Crippen LogP contribution in [0.5, 0.6) is 0 Å². The number of anilines is 3. The van der Waals surface area contributed by atoms with E-state index in [-0.39, 0.29) is 12.2 Å². The van der Waals surface area contributed by atoms with E-state index in [1.165, 1.54) is 12.1 Å². The molecule has 0 radical (unpaired) electrons. The zero-order valence-electron chi connectivity index (χ0n) is 17.2. The molecular weight excluding hydrogens is 397 g/mol. The van der Waals surface area contributed by atoms with Crippen LogP contribution in [-0.4, -0.2) is 33.3 Å². The van der Waals surface area contributed by atoms with Crippen LogP contribution >= 0.6 is 0 Å². The Bertz CT molecular complexity index is 1210. The van der Waals surface area contributed by atoms with Gasteiger partial charge in [-0.2, -0.15) is 5.26 Å². The summed E-state index contributed by atoms with van der Waals surface area (Å²) in [4.78, 5) is 8.80. The number of hydrogen-bond acceptors (Lipinski definition) is 7. The molecule has 0 saturated heterocycles. The summed E-state index contributed by atoms with van der Waals surface area (Å²) in [5, 5.41) is 35.1. The zero-order chi connectivity index (χ0) is 22.2. The second kappa shape index (κ2) is 7.95. The van der Waals surface area contributed by atoms with Gasteiger partial charge in [-0.25, -0.2) is 14.4 Å². The van der Waals surface area contributed by atoms with Crippen molar-refractivity contribution in [2.75, 3.05) is 23.8 Å². The molecule has 0 spiro atoms. The van der Waals surface area contributed by atoms with Crippen LogP contribution in [0.25, 0.3) is 11.3 Å².